The Hall–Kier alpha value is -2.11. The maximum atomic E-state index is 12.3. The third kappa shape index (κ3) is 4.46. The van der Waals surface area contributed by atoms with Gasteiger partial charge in [-0.3, -0.25) is 4.79 Å². The Morgan fingerprint density at radius 3 is 2.42 bits per heavy atom. The van der Waals surface area contributed by atoms with E-state index >= 15 is 0 Å². The summed E-state index contributed by atoms with van der Waals surface area (Å²) in [6.45, 7) is 1.63. The number of hydrogen-bond acceptors (Lipinski definition) is 4. The number of nitrogens with one attached hydrogen (secondary N) is 1. The molecule has 0 aliphatic rings. The van der Waals surface area contributed by atoms with Gasteiger partial charge in [0.1, 0.15) is 17.2 Å². The molecule has 0 heterocycles. The second kappa shape index (κ2) is 8.13. The predicted octanol–water partition coefficient (Wildman–Crippen LogP) is 4.42. The smallest absolute Gasteiger partial charge is 0.265 e. The fourth-order valence-corrected chi connectivity index (χ4v) is 2.41. The Kier molecular flexibility index (Phi) is 6.17. The molecule has 0 radical (unpaired) electrons. The summed E-state index contributed by atoms with van der Waals surface area (Å²) in [6.07, 6.45) is -0.742. The van der Waals surface area contributed by atoms with Crippen LogP contribution in [0.2, 0.25) is 10.0 Å². The zero-order valence-electron chi connectivity index (χ0n) is 13.4. The molecule has 0 aliphatic carbocycles. The van der Waals surface area contributed by atoms with Crippen LogP contribution < -0.4 is 19.5 Å². The molecule has 2 rings (SSSR count). The van der Waals surface area contributed by atoms with Gasteiger partial charge < -0.3 is 19.5 Å². The van der Waals surface area contributed by atoms with E-state index in [2.05, 4.69) is 5.32 Å². The molecule has 2 aromatic rings. The largest absolute Gasteiger partial charge is 0.495 e. The van der Waals surface area contributed by atoms with Crippen LogP contribution in [0.1, 0.15) is 6.92 Å². The molecular weight excluding hydrogens is 353 g/mol. The molecule has 0 spiro atoms. The van der Waals surface area contributed by atoms with E-state index in [1.165, 1.54) is 14.2 Å². The van der Waals surface area contributed by atoms with Crippen LogP contribution >= 0.6 is 23.2 Å². The number of rotatable bonds is 6. The van der Waals surface area contributed by atoms with E-state index in [0.29, 0.717) is 33.0 Å². The van der Waals surface area contributed by atoms with E-state index in [-0.39, 0.29) is 5.91 Å². The fourth-order valence-electron chi connectivity index (χ4n) is 1.99. The molecule has 128 valence electrons. The Bertz CT molecular complexity index is 737. The molecule has 1 N–H and O–H groups in total. The molecule has 0 fully saturated rings. The molecule has 0 bridgehead atoms. The van der Waals surface area contributed by atoms with E-state index in [4.69, 9.17) is 37.4 Å². The van der Waals surface area contributed by atoms with Crippen molar-refractivity contribution in [3.63, 3.8) is 0 Å². The van der Waals surface area contributed by atoms with Crippen LogP contribution in [-0.2, 0) is 4.79 Å². The summed E-state index contributed by atoms with van der Waals surface area (Å²) < 4.78 is 16.0. The van der Waals surface area contributed by atoms with Crippen molar-refractivity contribution in [2.75, 3.05) is 19.5 Å². The van der Waals surface area contributed by atoms with E-state index in [1.54, 1.807) is 43.3 Å². The summed E-state index contributed by atoms with van der Waals surface area (Å²) in [5.74, 6) is 1.04. The van der Waals surface area contributed by atoms with Crippen LogP contribution in [0.5, 0.6) is 17.2 Å². The Balaban J connectivity index is 2.12. The van der Waals surface area contributed by atoms with Gasteiger partial charge in [-0.05, 0) is 31.2 Å². The molecule has 0 aromatic heterocycles. The third-order valence-corrected chi connectivity index (χ3v) is 3.74. The summed E-state index contributed by atoms with van der Waals surface area (Å²) in [6, 6.07) is 9.98. The van der Waals surface area contributed by atoms with Crippen molar-refractivity contribution in [1.29, 1.82) is 0 Å². The lowest BCUT2D eigenvalue weighted by Gasteiger charge is -2.17. The van der Waals surface area contributed by atoms with Gasteiger partial charge in [-0.15, -0.1) is 0 Å². The molecule has 0 saturated carbocycles. The lowest BCUT2D eigenvalue weighted by molar-refractivity contribution is -0.122. The molecule has 0 saturated heterocycles. The van der Waals surface area contributed by atoms with Crippen molar-refractivity contribution in [1.82, 2.24) is 0 Å². The van der Waals surface area contributed by atoms with Gasteiger partial charge in [-0.25, -0.2) is 0 Å². The summed E-state index contributed by atoms with van der Waals surface area (Å²) in [4.78, 5) is 12.3. The second-order valence-electron chi connectivity index (χ2n) is 4.89. The van der Waals surface area contributed by atoms with Crippen molar-refractivity contribution < 1.29 is 19.0 Å². The van der Waals surface area contributed by atoms with Crippen molar-refractivity contribution in [3.8, 4) is 17.2 Å². The van der Waals surface area contributed by atoms with E-state index < -0.39 is 6.10 Å². The molecule has 0 aliphatic heterocycles. The Morgan fingerprint density at radius 2 is 1.79 bits per heavy atom. The first-order valence-electron chi connectivity index (χ1n) is 7.09. The number of halogens is 2. The molecule has 7 heteroatoms. The highest BCUT2D eigenvalue weighted by molar-refractivity contribution is 6.32. The van der Waals surface area contributed by atoms with Gasteiger partial charge >= 0.3 is 0 Å². The standard InChI is InChI=1S/C17H17Cl2NO4/c1-10(24-12-6-4-5-11(18)7-12)17(21)20-14-8-13(19)15(22-2)9-16(14)23-3/h4-10H,1-3H3,(H,20,21)/t10-/m1/s1. The molecule has 24 heavy (non-hydrogen) atoms. The van der Waals surface area contributed by atoms with E-state index in [1.807, 2.05) is 0 Å². The highest BCUT2D eigenvalue weighted by atomic mass is 35.5. The highest BCUT2D eigenvalue weighted by Gasteiger charge is 2.18. The molecular formula is C17H17Cl2NO4. The minimum Gasteiger partial charge on any atom is -0.495 e. The van der Waals surface area contributed by atoms with Gasteiger partial charge in [0.05, 0.1) is 24.9 Å². The summed E-state index contributed by atoms with van der Waals surface area (Å²) in [7, 11) is 2.99. The number of carbonyl (C=O) groups is 1. The normalized spacial score (nSPS) is 11.5. The zero-order chi connectivity index (χ0) is 17.7. The number of benzene rings is 2. The lowest BCUT2D eigenvalue weighted by atomic mass is 10.2. The first-order chi connectivity index (χ1) is 11.4. The second-order valence-corrected chi connectivity index (χ2v) is 5.74. The van der Waals surface area contributed by atoms with Gasteiger partial charge in [0.15, 0.2) is 6.10 Å². The number of hydrogen-bond donors (Lipinski definition) is 1. The maximum absolute atomic E-state index is 12.3. The Morgan fingerprint density at radius 1 is 1.08 bits per heavy atom. The minimum atomic E-state index is -0.742. The van der Waals surface area contributed by atoms with Crippen LogP contribution in [0.15, 0.2) is 36.4 Å². The zero-order valence-corrected chi connectivity index (χ0v) is 14.9. The first-order valence-corrected chi connectivity index (χ1v) is 7.84. The number of methoxy groups -OCH3 is 2. The summed E-state index contributed by atoms with van der Waals surface area (Å²) in [5, 5.41) is 3.62. The average Bonchev–Trinajstić information content (AvgIpc) is 2.55. The first kappa shape index (κ1) is 18.2. The topological polar surface area (TPSA) is 56.8 Å². The number of anilines is 1. The number of carbonyl (C=O) groups excluding carboxylic acids is 1. The SMILES string of the molecule is COc1cc(OC)c(NC(=O)[C@@H](C)Oc2cccc(Cl)c2)cc1Cl. The van der Waals surface area contributed by atoms with Gasteiger partial charge in [-0.2, -0.15) is 0 Å². The van der Waals surface area contributed by atoms with Gasteiger partial charge in [0.25, 0.3) is 5.91 Å². The van der Waals surface area contributed by atoms with Crippen molar-refractivity contribution in [2.45, 2.75) is 13.0 Å². The predicted molar refractivity (Wildman–Crippen MR) is 94.7 cm³/mol. The molecule has 5 nitrogen and oxygen atoms in total. The molecule has 2 aromatic carbocycles. The average molecular weight is 370 g/mol. The maximum Gasteiger partial charge on any atom is 0.265 e. The third-order valence-electron chi connectivity index (χ3n) is 3.21. The number of ether oxygens (including phenoxy) is 3. The molecule has 1 atom stereocenters. The quantitative estimate of drug-likeness (QED) is 0.818. The monoisotopic (exact) mass is 369 g/mol. The lowest BCUT2D eigenvalue weighted by Crippen LogP contribution is -2.30. The molecule has 0 unspecified atom stereocenters. The van der Waals surface area contributed by atoms with E-state index in [9.17, 15) is 4.79 Å². The van der Waals surface area contributed by atoms with Gasteiger partial charge in [0.2, 0.25) is 0 Å². The minimum absolute atomic E-state index is 0.352. The van der Waals surface area contributed by atoms with Crippen LogP contribution in [0.25, 0.3) is 0 Å². The van der Waals surface area contributed by atoms with Crippen molar-refractivity contribution in [3.05, 3.63) is 46.4 Å². The van der Waals surface area contributed by atoms with Crippen LogP contribution in [0.3, 0.4) is 0 Å². The van der Waals surface area contributed by atoms with Crippen LogP contribution in [0, 0.1) is 0 Å². The Labute approximate surface area is 150 Å². The summed E-state index contributed by atoms with van der Waals surface area (Å²) >= 11 is 12.0. The van der Waals surface area contributed by atoms with Crippen LogP contribution in [-0.4, -0.2) is 26.2 Å². The molecule has 1 amide bonds. The van der Waals surface area contributed by atoms with Gasteiger partial charge in [-0.1, -0.05) is 29.3 Å². The van der Waals surface area contributed by atoms with E-state index in [0.717, 1.165) is 0 Å². The van der Waals surface area contributed by atoms with Crippen molar-refractivity contribution in [2.24, 2.45) is 0 Å². The highest BCUT2D eigenvalue weighted by Crippen LogP contribution is 2.36. The van der Waals surface area contributed by atoms with Crippen molar-refractivity contribution >= 4 is 34.8 Å². The number of amides is 1. The van der Waals surface area contributed by atoms with Crippen LogP contribution in [0.4, 0.5) is 5.69 Å². The fraction of sp³-hybridized carbons (Fsp3) is 0.235. The summed E-state index contributed by atoms with van der Waals surface area (Å²) in [5.41, 5.74) is 0.426. The van der Waals surface area contributed by atoms with Gasteiger partial charge in [0, 0.05) is 11.1 Å².